The molecule has 0 aliphatic carbocycles. The van der Waals surface area contributed by atoms with Gasteiger partial charge in [0.1, 0.15) is 30.6 Å². The lowest BCUT2D eigenvalue weighted by atomic mass is 10.0. The largest absolute Gasteiger partial charge is 0.481 e. The molecule has 1 fully saturated rings. The number of carboxylic acids is 2. The smallest absolute Gasteiger partial charge is 0.340 e. The van der Waals surface area contributed by atoms with E-state index in [-0.39, 0.29) is 22.7 Å². The van der Waals surface area contributed by atoms with Gasteiger partial charge in [-0.25, -0.2) is 19.7 Å². The van der Waals surface area contributed by atoms with Gasteiger partial charge in [0.2, 0.25) is 6.23 Å². The van der Waals surface area contributed by atoms with Crippen LogP contribution in [0.5, 0.6) is 0 Å². The van der Waals surface area contributed by atoms with Crippen molar-refractivity contribution in [3.05, 3.63) is 60.4 Å². The second-order valence-electron chi connectivity index (χ2n) is 7.72. The van der Waals surface area contributed by atoms with E-state index in [1.807, 2.05) is 0 Å². The summed E-state index contributed by atoms with van der Waals surface area (Å²) in [6.07, 6.45) is -0.930. The molecule has 5 rings (SSSR count). The van der Waals surface area contributed by atoms with Gasteiger partial charge in [0.25, 0.3) is 5.91 Å². The van der Waals surface area contributed by atoms with Crippen LogP contribution in [0.4, 0.5) is 5.82 Å². The van der Waals surface area contributed by atoms with Crippen molar-refractivity contribution in [2.45, 2.75) is 30.5 Å². The summed E-state index contributed by atoms with van der Waals surface area (Å²) in [7, 11) is 0. The molecule has 1 aromatic carbocycles. The van der Waals surface area contributed by atoms with Gasteiger partial charge in [-0.2, -0.15) is 0 Å². The topological polar surface area (TPSA) is 186 Å². The number of rotatable bonds is 6. The Morgan fingerprint density at radius 3 is 2.56 bits per heavy atom. The lowest BCUT2D eigenvalue weighted by Crippen LogP contribution is -2.43. The number of carbonyl (C=O) groups excluding carboxylic acids is 1. The van der Waals surface area contributed by atoms with Crippen LogP contribution in [0.1, 0.15) is 23.0 Å². The number of nitrogens with one attached hydrogen (secondary N) is 1. The third-order valence-electron chi connectivity index (χ3n) is 5.53. The molecule has 0 unspecified atom stereocenters. The summed E-state index contributed by atoms with van der Waals surface area (Å²) >= 11 is 0. The summed E-state index contributed by atoms with van der Waals surface area (Å²) in [5, 5.41) is 32.0. The SMILES string of the molecule is O=C(O)C[C@]1(C(=O)O)C=C2O[C@@H](n3cnc4c(NC(=O)c5ccccc5)ncnc43)[C@H](O)[C@@H]2O1. The molecule has 4 heterocycles. The summed E-state index contributed by atoms with van der Waals surface area (Å²) in [6.45, 7) is 0. The zero-order valence-electron chi connectivity index (χ0n) is 17.2. The standard InChI is InChI=1S/C21H17N5O8/c27-12(28)7-21(20(31)32)6-11-15(34-21)14(29)19(33-11)26-9-24-13-16(22-8-23-17(13)26)25-18(30)10-4-2-1-3-5-10/h1-6,8-9,14-15,19,29H,7H2,(H,27,28)(H,31,32)(H,22,23,25,30)/t14-,15-,19-,21+/m1/s1. The lowest BCUT2D eigenvalue weighted by molar-refractivity contribution is -0.171. The Morgan fingerprint density at radius 1 is 1.12 bits per heavy atom. The number of aliphatic carboxylic acids is 2. The van der Waals surface area contributed by atoms with E-state index in [9.17, 15) is 24.6 Å². The molecule has 1 amide bonds. The number of nitrogens with zero attached hydrogens (tertiary/aromatic N) is 4. The zero-order chi connectivity index (χ0) is 24.0. The zero-order valence-corrected chi connectivity index (χ0v) is 17.2. The number of anilines is 1. The quantitative estimate of drug-likeness (QED) is 0.396. The first kappa shape index (κ1) is 21.5. The number of hydrogen-bond acceptors (Lipinski definition) is 9. The number of aromatic nitrogens is 4. The average molecular weight is 467 g/mol. The number of aliphatic hydroxyl groups is 1. The number of fused-ring (bicyclic) bond motifs is 2. The maximum atomic E-state index is 12.5. The van der Waals surface area contributed by atoms with E-state index in [0.717, 1.165) is 6.08 Å². The molecule has 3 aromatic rings. The molecule has 13 heteroatoms. The number of carbonyl (C=O) groups is 3. The molecule has 2 aliphatic heterocycles. The first-order valence-electron chi connectivity index (χ1n) is 10.0. The van der Waals surface area contributed by atoms with Gasteiger partial charge in [-0.3, -0.25) is 14.2 Å². The van der Waals surface area contributed by atoms with Gasteiger partial charge in [0.15, 0.2) is 22.6 Å². The van der Waals surface area contributed by atoms with E-state index in [1.54, 1.807) is 30.3 Å². The summed E-state index contributed by atoms with van der Waals surface area (Å²) in [5.74, 6) is -3.15. The maximum Gasteiger partial charge on any atom is 0.340 e. The molecular weight excluding hydrogens is 450 g/mol. The number of aliphatic hydroxyl groups excluding tert-OH is 1. The minimum absolute atomic E-state index is 0.00494. The number of ether oxygens (including phenoxy) is 2. The van der Waals surface area contributed by atoms with E-state index in [4.69, 9.17) is 14.6 Å². The van der Waals surface area contributed by atoms with Crippen LogP contribution in [0.2, 0.25) is 0 Å². The van der Waals surface area contributed by atoms with E-state index >= 15 is 0 Å². The van der Waals surface area contributed by atoms with Crippen molar-refractivity contribution in [1.29, 1.82) is 0 Å². The number of benzene rings is 1. The van der Waals surface area contributed by atoms with Crippen molar-refractivity contribution in [3.63, 3.8) is 0 Å². The van der Waals surface area contributed by atoms with Crippen molar-refractivity contribution < 1.29 is 39.2 Å². The van der Waals surface area contributed by atoms with Crippen LogP contribution in [0.15, 0.2) is 54.8 Å². The highest BCUT2D eigenvalue weighted by atomic mass is 16.6. The van der Waals surface area contributed by atoms with Crippen LogP contribution in [0.25, 0.3) is 11.2 Å². The summed E-state index contributed by atoms with van der Waals surface area (Å²) in [6, 6.07) is 8.51. The van der Waals surface area contributed by atoms with Crippen molar-refractivity contribution in [2.24, 2.45) is 0 Å². The molecule has 2 aromatic heterocycles. The fraction of sp³-hybridized carbons (Fsp3) is 0.238. The Balaban J connectivity index is 1.44. The van der Waals surface area contributed by atoms with Crippen LogP contribution in [-0.2, 0) is 19.1 Å². The van der Waals surface area contributed by atoms with Gasteiger partial charge in [0.05, 0.1) is 6.42 Å². The van der Waals surface area contributed by atoms with Gasteiger partial charge >= 0.3 is 11.9 Å². The fourth-order valence-corrected chi connectivity index (χ4v) is 3.95. The number of amides is 1. The van der Waals surface area contributed by atoms with Gasteiger partial charge in [0, 0.05) is 5.56 Å². The number of imidazole rings is 1. The molecular formula is C21H17N5O8. The Labute approximate surface area is 190 Å². The van der Waals surface area contributed by atoms with Crippen molar-refractivity contribution >= 4 is 34.8 Å². The van der Waals surface area contributed by atoms with Gasteiger partial charge < -0.3 is 30.1 Å². The first-order valence-corrected chi connectivity index (χ1v) is 10.0. The van der Waals surface area contributed by atoms with Gasteiger partial charge in [-0.1, -0.05) is 18.2 Å². The van der Waals surface area contributed by atoms with Gasteiger partial charge in [-0.05, 0) is 18.2 Å². The Kier molecular flexibility index (Phi) is 4.99. The highest BCUT2D eigenvalue weighted by molar-refractivity contribution is 6.06. The molecule has 2 aliphatic rings. The predicted molar refractivity (Wildman–Crippen MR) is 111 cm³/mol. The lowest BCUT2D eigenvalue weighted by Gasteiger charge is -2.25. The average Bonchev–Trinajstić information content (AvgIpc) is 3.47. The second kappa shape index (κ2) is 7.90. The molecule has 0 saturated carbocycles. The minimum atomic E-state index is -2.15. The van der Waals surface area contributed by atoms with E-state index in [1.165, 1.54) is 17.2 Å². The van der Waals surface area contributed by atoms with Crippen molar-refractivity contribution in [2.75, 3.05) is 5.32 Å². The molecule has 0 spiro atoms. The molecule has 4 N–H and O–H groups in total. The molecule has 13 nitrogen and oxygen atoms in total. The highest BCUT2D eigenvalue weighted by Crippen LogP contribution is 2.44. The Morgan fingerprint density at radius 2 is 1.88 bits per heavy atom. The Hall–Kier alpha value is -4.36. The number of carboxylic acid groups (broad SMARTS) is 2. The van der Waals surface area contributed by atoms with Crippen molar-refractivity contribution in [1.82, 2.24) is 19.5 Å². The fourth-order valence-electron chi connectivity index (χ4n) is 3.95. The van der Waals surface area contributed by atoms with Crippen LogP contribution in [0, 0.1) is 0 Å². The Bertz CT molecular complexity index is 1340. The van der Waals surface area contributed by atoms with E-state index in [0.29, 0.717) is 5.56 Å². The predicted octanol–water partition coefficient (Wildman–Crippen LogP) is 0.549. The molecule has 0 radical (unpaired) electrons. The van der Waals surface area contributed by atoms with Crippen LogP contribution in [-0.4, -0.2) is 70.5 Å². The molecule has 1 saturated heterocycles. The molecule has 4 atom stereocenters. The summed E-state index contributed by atoms with van der Waals surface area (Å²) in [5.41, 5.74) is -1.26. The van der Waals surface area contributed by atoms with E-state index < -0.39 is 48.3 Å². The second-order valence-corrected chi connectivity index (χ2v) is 7.72. The third kappa shape index (κ3) is 3.43. The number of hydrogen-bond donors (Lipinski definition) is 4. The molecule has 34 heavy (non-hydrogen) atoms. The monoisotopic (exact) mass is 467 g/mol. The summed E-state index contributed by atoms with van der Waals surface area (Å²) < 4.78 is 12.6. The summed E-state index contributed by atoms with van der Waals surface area (Å²) in [4.78, 5) is 47.8. The third-order valence-corrected chi connectivity index (χ3v) is 5.53. The highest BCUT2D eigenvalue weighted by Gasteiger charge is 2.56. The molecule has 0 bridgehead atoms. The molecule has 174 valence electrons. The minimum Gasteiger partial charge on any atom is -0.481 e. The van der Waals surface area contributed by atoms with Crippen LogP contribution in [0.3, 0.4) is 0 Å². The maximum absolute atomic E-state index is 12.5. The normalized spacial score (nSPS) is 25.4. The van der Waals surface area contributed by atoms with Gasteiger partial charge in [-0.15, -0.1) is 0 Å². The first-order chi connectivity index (χ1) is 16.3. The van der Waals surface area contributed by atoms with Crippen LogP contribution >= 0.6 is 0 Å². The van der Waals surface area contributed by atoms with Crippen molar-refractivity contribution in [3.8, 4) is 0 Å². The van der Waals surface area contributed by atoms with Crippen LogP contribution < -0.4 is 5.32 Å². The van der Waals surface area contributed by atoms with E-state index in [2.05, 4.69) is 20.3 Å².